The highest BCUT2D eigenvalue weighted by Crippen LogP contribution is 2.38. The van der Waals surface area contributed by atoms with Crippen LogP contribution in [0.1, 0.15) is 60.2 Å². The van der Waals surface area contributed by atoms with Crippen LogP contribution in [0.25, 0.3) is 0 Å². The zero-order chi connectivity index (χ0) is 36.5. The lowest BCUT2D eigenvalue weighted by Crippen LogP contribution is -2.21. The predicted molar refractivity (Wildman–Crippen MR) is 171 cm³/mol. The Balaban J connectivity index is 0.000000838. The number of carbonyl (C=O) groups is 2. The van der Waals surface area contributed by atoms with Crippen molar-refractivity contribution in [3.8, 4) is 23.3 Å². The molecule has 1 heterocycles. The Morgan fingerprint density at radius 2 is 1.53 bits per heavy atom. The summed E-state index contributed by atoms with van der Waals surface area (Å²) in [5.41, 5.74) is 6.98. The van der Waals surface area contributed by atoms with E-state index in [4.69, 9.17) is 30.5 Å². The summed E-state index contributed by atoms with van der Waals surface area (Å²) in [5, 5.41) is 27.4. The van der Waals surface area contributed by atoms with Gasteiger partial charge >= 0.3 is 18.1 Å². The number of nitrogens with one attached hydrogen (secondary N) is 2. The van der Waals surface area contributed by atoms with Gasteiger partial charge in [0.2, 0.25) is 11.6 Å². The summed E-state index contributed by atoms with van der Waals surface area (Å²) in [5.74, 6) is -7.82. The smallest absolute Gasteiger partial charge is 0.478 e. The zero-order valence-corrected chi connectivity index (χ0v) is 26.4. The molecule has 0 saturated heterocycles. The second-order valence-electron chi connectivity index (χ2n) is 11.0. The van der Waals surface area contributed by atoms with E-state index in [0.29, 0.717) is 18.4 Å². The average Bonchev–Trinajstić information content (AvgIpc) is 3.04. The number of benzene rings is 3. The summed E-state index contributed by atoms with van der Waals surface area (Å²) < 4.78 is 74.7. The van der Waals surface area contributed by atoms with Gasteiger partial charge in [-0.2, -0.15) is 26.9 Å². The van der Waals surface area contributed by atoms with E-state index in [9.17, 15) is 23.1 Å². The van der Waals surface area contributed by atoms with Gasteiger partial charge in [0, 0.05) is 11.6 Å². The number of nitrogens with two attached hydrogens (primary N) is 1. The molecule has 0 saturated carbocycles. The summed E-state index contributed by atoms with van der Waals surface area (Å²) in [4.78, 5) is 24.8. The molecular formula is C34H33F5N4O6. The van der Waals surface area contributed by atoms with E-state index in [-0.39, 0.29) is 34.9 Å². The van der Waals surface area contributed by atoms with Crippen LogP contribution in [0.2, 0.25) is 0 Å². The fraction of sp³-hybridized carbons (Fsp3) is 0.235. The van der Waals surface area contributed by atoms with Crippen LogP contribution in [0.4, 0.5) is 27.6 Å². The number of hydrogen-bond donors (Lipinski definition) is 5. The molecule has 3 aromatic carbocycles. The van der Waals surface area contributed by atoms with Crippen LogP contribution in [0.5, 0.6) is 23.3 Å². The average molecular weight is 689 g/mol. The topological polar surface area (TPSA) is 168 Å². The van der Waals surface area contributed by atoms with Crippen LogP contribution in [0, 0.1) is 17.0 Å². The zero-order valence-electron chi connectivity index (χ0n) is 26.4. The maximum absolute atomic E-state index is 15.8. The Labute approximate surface area is 277 Å². The van der Waals surface area contributed by atoms with Gasteiger partial charge in [-0.1, -0.05) is 62.4 Å². The van der Waals surface area contributed by atoms with Gasteiger partial charge in [-0.3, -0.25) is 5.41 Å². The number of pyridine rings is 1. The van der Waals surface area contributed by atoms with Crippen molar-refractivity contribution in [1.29, 1.82) is 5.41 Å². The number of carboxylic acid groups (broad SMARTS) is 2. The van der Waals surface area contributed by atoms with Crippen molar-refractivity contribution in [2.24, 2.45) is 5.73 Å². The van der Waals surface area contributed by atoms with Crippen molar-refractivity contribution in [2.45, 2.75) is 51.7 Å². The van der Waals surface area contributed by atoms with Gasteiger partial charge in [-0.25, -0.2) is 9.59 Å². The molecule has 1 unspecified atom stereocenters. The summed E-state index contributed by atoms with van der Waals surface area (Å²) in [7, 11) is 0. The monoisotopic (exact) mass is 688 g/mol. The second kappa shape index (κ2) is 16.4. The second-order valence-corrected chi connectivity index (χ2v) is 11.0. The number of carboxylic acids is 2. The first-order chi connectivity index (χ1) is 23.0. The van der Waals surface area contributed by atoms with Crippen molar-refractivity contribution >= 4 is 23.5 Å². The molecule has 0 aliphatic heterocycles. The third kappa shape index (κ3) is 10.6. The molecule has 4 aromatic rings. The lowest BCUT2D eigenvalue weighted by Gasteiger charge is -2.19. The number of rotatable bonds is 12. The SMILES string of the molecule is CC(CCc1ccccc1)Nc1c(F)c(Oc2cccc(C(=N)N)c2)nc(Oc2ccc(C(C)C)cc2C(=O)O)c1F.O=C(O)C(F)(F)F. The Kier molecular flexibility index (Phi) is 12.6. The predicted octanol–water partition coefficient (Wildman–Crippen LogP) is 8.12. The number of aryl methyl sites for hydroxylation is 1. The van der Waals surface area contributed by atoms with Crippen molar-refractivity contribution in [3.63, 3.8) is 0 Å². The summed E-state index contributed by atoms with van der Waals surface area (Å²) in [6.07, 6.45) is -3.86. The van der Waals surface area contributed by atoms with Gasteiger partial charge in [0.05, 0.1) is 0 Å². The van der Waals surface area contributed by atoms with Gasteiger partial charge in [0.15, 0.2) is 0 Å². The van der Waals surface area contributed by atoms with Gasteiger partial charge in [0.25, 0.3) is 11.8 Å². The Morgan fingerprint density at radius 1 is 0.918 bits per heavy atom. The van der Waals surface area contributed by atoms with E-state index in [1.807, 2.05) is 44.2 Å². The molecule has 260 valence electrons. The third-order valence-electron chi connectivity index (χ3n) is 6.83. The number of amidine groups is 1. The largest absolute Gasteiger partial charge is 0.490 e. The van der Waals surface area contributed by atoms with E-state index < -0.39 is 47.2 Å². The Bertz CT molecular complexity index is 1800. The van der Waals surface area contributed by atoms with E-state index in [2.05, 4.69) is 10.3 Å². The van der Waals surface area contributed by atoms with Crippen molar-refractivity contribution < 1.29 is 51.2 Å². The van der Waals surface area contributed by atoms with Crippen LogP contribution in [0.15, 0.2) is 72.8 Å². The first kappa shape index (κ1) is 37.7. The van der Waals surface area contributed by atoms with E-state index >= 15 is 8.78 Å². The number of hydrogen-bond acceptors (Lipinski definition) is 7. The standard InChI is InChI=1S/C32H32F2N4O4.C2HF3O2/c1-18(2)21-14-15-25(24(17-21)32(39)40)42-31-27(34)28(37-19(3)12-13-20-8-5-4-6-9-20)26(33)30(38-31)41-23-11-7-10-22(16-23)29(35)36;3-2(4,5)1(6)7/h4-11,14-19H,12-13H2,1-3H3,(H3,35,36)(H,37,38)(H,39,40);(H,6,7). The number of aromatic carboxylic acids is 1. The van der Waals surface area contributed by atoms with E-state index in [1.54, 1.807) is 25.1 Å². The number of halogens is 5. The number of anilines is 1. The van der Waals surface area contributed by atoms with E-state index in [0.717, 1.165) is 11.1 Å². The minimum atomic E-state index is -5.08. The number of aliphatic carboxylic acids is 1. The molecule has 1 atom stereocenters. The third-order valence-corrected chi connectivity index (χ3v) is 6.83. The van der Waals surface area contributed by atoms with Gasteiger partial charge in [-0.15, -0.1) is 0 Å². The maximum atomic E-state index is 15.8. The minimum absolute atomic E-state index is 0.0387. The molecule has 49 heavy (non-hydrogen) atoms. The highest BCUT2D eigenvalue weighted by molar-refractivity contribution is 5.95. The number of ether oxygens (including phenoxy) is 2. The molecule has 0 fully saturated rings. The molecule has 0 aliphatic rings. The van der Waals surface area contributed by atoms with Gasteiger partial charge in [0.1, 0.15) is 28.6 Å². The quantitative estimate of drug-likeness (QED) is 0.0561. The molecule has 0 amide bonds. The number of nitrogens with zero attached hydrogens (tertiary/aromatic N) is 1. The van der Waals surface area contributed by atoms with Crippen LogP contribution < -0.4 is 20.5 Å². The molecule has 0 bridgehead atoms. The van der Waals surface area contributed by atoms with Crippen LogP contribution in [-0.2, 0) is 11.2 Å². The fourth-order valence-electron chi connectivity index (χ4n) is 4.21. The molecule has 1 aromatic heterocycles. The number of aromatic nitrogens is 1. The molecule has 10 nitrogen and oxygen atoms in total. The van der Waals surface area contributed by atoms with Gasteiger partial charge in [-0.05, 0) is 61.1 Å². The van der Waals surface area contributed by atoms with Gasteiger partial charge < -0.3 is 30.7 Å². The van der Waals surface area contributed by atoms with Crippen molar-refractivity contribution in [3.05, 3.63) is 107 Å². The molecular weight excluding hydrogens is 655 g/mol. The first-order valence-electron chi connectivity index (χ1n) is 14.6. The first-order valence-corrected chi connectivity index (χ1v) is 14.6. The summed E-state index contributed by atoms with van der Waals surface area (Å²) in [6.45, 7) is 5.60. The summed E-state index contributed by atoms with van der Waals surface area (Å²) >= 11 is 0. The molecule has 15 heteroatoms. The number of alkyl halides is 3. The highest BCUT2D eigenvalue weighted by atomic mass is 19.4. The lowest BCUT2D eigenvalue weighted by atomic mass is 10.0. The normalized spacial score (nSPS) is 11.6. The fourth-order valence-corrected chi connectivity index (χ4v) is 4.21. The van der Waals surface area contributed by atoms with Crippen molar-refractivity contribution in [1.82, 2.24) is 4.98 Å². The highest BCUT2D eigenvalue weighted by Gasteiger charge is 2.38. The van der Waals surface area contributed by atoms with E-state index in [1.165, 1.54) is 24.3 Å². The molecule has 6 N–H and O–H groups in total. The molecule has 0 radical (unpaired) electrons. The van der Waals surface area contributed by atoms with Crippen LogP contribution in [0.3, 0.4) is 0 Å². The number of nitrogen functional groups attached to an aromatic ring is 1. The molecule has 0 aliphatic carbocycles. The van der Waals surface area contributed by atoms with Crippen molar-refractivity contribution in [2.75, 3.05) is 5.32 Å². The molecule has 0 spiro atoms. The van der Waals surface area contributed by atoms with Crippen LogP contribution in [-0.4, -0.2) is 45.2 Å². The Hall–Kier alpha value is -5.73. The van der Waals surface area contributed by atoms with Crippen LogP contribution >= 0.6 is 0 Å². The lowest BCUT2D eigenvalue weighted by molar-refractivity contribution is -0.192. The molecule has 4 rings (SSSR count). The minimum Gasteiger partial charge on any atom is -0.478 e. The Morgan fingerprint density at radius 3 is 2.08 bits per heavy atom. The summed E-state index contributed by atoms with van der Waals surface area (Å²) in [6, 6.07) is 19.9. The maximum Gasteiger partial charge on any atom is 0.490 e.